The predicted octanol–water partition coefficient (Wildman–Crippen LogP) is 4.06. The van der Waals surface area contributed by atoms with Gasteiger partial charge in [0, 0.05) is 23.3 Å². The Morgan fingerprint density at radius 1 is 1.39 bits per heavy atom. The normalized spacial score (nSPS) is 11.3. The molecule has 0 atom stereocenters. The molecular weight excluding hydrogens is 292 g/mol. The first-order valence-electron chi connectivity index (χ1n) is 6.64. The van der Waals surface area contributed by atoms with Crippen molar-refractivity contribution >= 4 is 21.8 Å². The van der Waals surface area contributed by atoms with Crippen LogP contribution in [0.15, 0.2) is 16.7 Å². The molecular formula is C14H23BrN2O. The lowest BCUT2D eigenvalue weighted by atomic mass is 10.1. The lowest BCUT2D eigenvalue weighted by Gasteiger charge is -2.31. The maximum atomic E-state index is 12.5. The van der Waals surface area contributed by atoms with Gasteiger partial charge >= 0.3 is 0 Å². The summed E-state index contributed by atoms with van der Waals surface area (Å²) in [6, 6.07) is 2.17. The number of carbonyl (C=O) groups is 1. The summed E-state index contributed by atoms with van der Waals surface area (Å²) in [5, 5.41) is 0. The van der Waals surface area contributed by atoms with Crippen molar-refractivity contribution in [2.75, 3.05) is 6.54 Å². The SMILES string of the molecule is CCC(CC)N(CC(C)C)C(=O)c1cc(Br)c[nH]1. The minimum absolute atomic E-state index is 0.100. The van der Waals surface area contributed by atoms with Crippen molar-refractivity contribution in [2.45, 2.75) is 46.6 Å². The number of hydrogen-bond donors (Lipinski definition) is 1. The molecule has 1 amide bonds. The second-order valence-corrected chi connectivity index (χ2v) is 5.97. The molecule has 0 aliphatic rings. The maximum Gasteiger partial charge on any atom is 0.270 e. The fourth-order valence-corrected chi connectivity index (χ4v) is 2.51. The largest absolute Gasteiger partial charge is 0.356 e. The highest BCUT2D eigenvalue weighted by molar-refractivity contribution is 9.10. The second kappa shape index (κ2) is 6.98. The molecule has 3 nitrogen and oxygen atoms in total. The zero-order valence-corrected chi connectivity index (χ0v) is 13.3. The summed E-state index contributed by atoms with van der Waals surface area (Å²) >= 11 is 3.37. The molecule has 18 heavy (non-hydrogen) atoms. The van der Waals surface area contributed by atoms with Gasteiger partial charge in [-0.15, -0.1) is 0 Å². The third-order valence-electron chi connectivity index (χ3n) is 3.08. The minimum Gasteiger partial charge on any atom is -0.356 e. The van der Waals surface area contributed by atoms with Crippen LogP contribution in [0.25, 0.3) is 0 Å². The van der Waals surface area contributed by atoms with Crippen molar-refractivity contribution in [3.8, 4) is 0 Å². The van der Waals surface area contributed by atoms with E-state index in [1.54, 1.807) is 6.20 Å². The van der Waals surface area contributed by atoms with E-state index in [-0.39, 0.29) is 5.91 Å². The molecule has 0 unspecified atom stereocenters. The zero-order chi connectivity index (χ0) is 13.7. The number of nitrogens with one attached hydrogen (secondary N) is 1. The number of carbonyl (C=O) groups excluding carboxylic acids is 1. The molecule has 0 aliphatic heterocycles. The molecule has 1 aromatic rings. The van der Waals surface area contributed by atoms with Crippen LogP contribution in [0.1, 0.15) is 51.0 Å². The Morgan fingerprint density at radius 3 is 2.39 bits per heavy atom. The molecule has 0 aliphatic carbocycles. The first-order chi connectivity index (χ1) is 8.49. The van der Waals surface area contributed by atoms with Crippen molar-refractivity contribution in [1.29, 1.82) is 0 Å². The van der Waals surface area contributed by atoms with Crippen molar-refractivity contribution < 1.29 is 4.79 Å². The number of halogens is 1. The van der Waals surface area contributed by atoms with Crippen LogP contribution in [0.4, 0.5) is 0 Å². The standard InChI is InChI=1S/C14H23BrN2O/c1-5-12(6-2)17(9-10(3)4)14(18)13-7-11(15)8-16-13/h7-8,10,12,16H,5-6,9H2,1-4H3. The van der Waals surface area contributed by atoms with E-state index in [0.717, 1.165) is 23.9 Å². The van der Waals surface area contributed by atoms with Crippen LogP contribution in [0.2, 0.25) is 0 Å². The van der Waals surface area contributed by atoms with Gasteiger partial charge in [-0.05, 0) is 40.8 Å². The van der Waals surface area contributed by atoms with E-state index >= 15 is 0 Å². The first-order valence-corrected chi connectivity index (χ1v) is 7.43. The molecule has 102 valence electrons. The molecule has 0 aromatic carbocycles. The Labute approximate surface area is 118 Å². The van der Waals surface area contributed by atoms with Gasteiger partial charge in [0.25, 0.3) is 5.91 Å². The molecule has 1 N–H and O–H groups in total. The molecule has 1 heterocycles. The molecule has 1 rings (SSSR count). The van der Waals surface area contributed by atoms with E-state index in [9.17, 15) is 4.79 Å². The van der Waals surface area contributed by atoms with Gasteiger partial charge in [-0.25, -0.2) is 0 Å². The molecule has 4 heteroatoms. The van der Waals surface area contributed by atoms with Crippen LogP contribution in [0.5, 0.6) is 0 Å². The van der Waals surface area contributed by atoms with Crippen LogP contribution in [0, 0.1) is 5.92 Å². The fourth-order valence-electron chi connectivity index (χ4n) is 2.17. The number of rotatable bonds is 6. The van der Waals surface area contributed by atoms with Gasteiger partial charge in [-0.3, -0.25) is 4.79 Å². The summed E-state index contributed by atoms with van der Waals surface area (Å²) in [5.41, 5.74) is 0.662. The fraction of sp³-hybridized carbons (Fsp3) is 0.643. The highest BCUT2D eigenvalue weighted by Gasteiger charge is 2.23. The summed E-state index contributed by atoms with van der Waals surface area (Å²) in [4.78, 5) is 17.6. The lowest BCUT2D eigenvalue weighted by Crippen LogP contribution is -2.42. The Hall–Kier alpha value is -0.770. The smallest absolute Gasteiger partial charge is 0.270 e. The van der Waals surface area contributed by atoms with Crippen LogP contribution >= 0.6 is 15.9 Å². The Morgan fingerprint density at radius 2 is 2.00 bits per heavy atom. The molecule has 0 spiro atoms. The predicted molar refractivity (Wildman–Crippen MR) is 78.7 cm³/mol. The van der Waals surface area contributed by atoms with Crippen molar-refractivity contribution in [1.82, 2.24) is 9.88 Å². The van der Waals surface area contributed by atoms with Gasteiger partial charge < -0.3 is 9.88 Å². The molecule has 0 radical (unpaired) electrons. The van der Waals surface area contributed by atoms with Crippen molar-refractivity contribution in [3.05, 3.63) is 22.4 Å². The Kier molecular flexibility index (Phi) is 5.93. The van der Waals surface area contributed by atoms with E-state index in [4.69, 9.17) is 0 Å². The van der Waals surface area contributed by atoms with Crippen LogP contribution in [-0.4, -0.2) is 28.4 Å². The monoisotopic (exact) mass is 314 g/mol. The van der Waals surface area contributed by atoms with Crippen LogP contribution in [-0.2, 0) is 0 Å². The number of amides is 1. The quantitative estimate of drug-likeness (QED) is 0.844. The van der Waals surface area contributed by atoms with Gasteiger partial charge in [0.2, 0.25) is 0 Å². The highest BCUT2D eigenvalue weighted by Crippen LogP contribution is 2.17. The van der Waals surface area contributed by atoms with Gasteiger partial charge in [0.1, 0.15) is 5.69 Å². The second-order valence-electron chi connectivity index (χ2n) is 5.05. The van der Waals surface area contributed by atoms with Crippen LogP contribution < -0.4 is 0 Å². The summed E-state index contributed by atoms with van der Waals surface area (Å²) in [7, 11) is 0. The number of H-pyrrole nitrogens is 1. The third-order valence-corrected chi connectivity index (χ3v) is 3.54. The van der Waals surface area contributed by atoms with E-state index in [0.29, 0.717) is 17.7 Å². The summed E-state index contributed by atoms with van der Waals surface area (Å²) in [5.74, 6) is 0.580. The Balaban J connectivity index is 2.91. The zero-order valence-electron chi connectivity index (χ0n) is 11.7. The van der Waals surface area contributed by atoms with Gasteiger partial charge in [0.05, 0.1) is 0 Å². The lowest BCUT2D eigenvalue weighted by molar-refractivity contribution is 0.0635. The van der Waals surface area contributed by atoms with E-state index < -0.39 is 0 Å². The van der Waals surface area contributed by atoms with E-state index in [1.165, 1.54) is 0 Å². The van der Waals surface area contributed by atoms with Gasteiger partial charge in [0.15, 0.2) is 0 Å². The summed E-state index contributed by atoms with van der Waals surface area (Å²) < 4.78 is 0.917. The number of aromatic nitrogens is 1. The van der Waals surface area contributed by atoms with E-state index in [2.05, 4.69) is 48.6 Å². The van der Waals surface area contributed by atoms with Gasteiger partial charge in [-0.1, -0.05) is 27.7 Å². The van der Waals surface area contributed by atoms with Crippen molar-refractivity contribution in [3.63, 3.8) is 0 Å². The molecule has 0 bridgehead atoms. The van der Waals surface area contributed by atoms with E-state index in [1.807, 2.05) is 11.0 Å². The average Bonchev–Trinajstić information content (AvgIpc) is 2.74. The molecule has 1 aromatic heterocycles. The summed E-state index contributed by atoms with van der Waals surface area (Å²) in [6.45, 7) is 9.38. The number of aromatic amines is 1. The average molecular weight is 315 g/mol. The highest BCUT2D eigenvalue weighted by atomic mass is 79.9. The summed E-state index contributed by atoms with van der Waals surface area (Å²) in [6.07, 6.45) is 3.79. The molecule has 0 fully saturated rings. The number of nitrogens with zero attached hydrogens (tertiary/aromatic N) is 1. The van der Waals surface area contributed by atoms with Crippen molar-refractivity contribution in [2.24, 2.45) is 5.92 Å². The third kappa shape index (κ3) is 3.87. The minimum atomic E-state index is 0.100. The number of hydrogen-bond acceptors (Lipinski definition) is 1. The van der Waals surface area contributed by atoms with Crippen LogP contribution in [0.3, 0.4) is 0 Å². The first kappa shape index (κ1) is 15.3. The molecule has 0 saturated carbocycles. The maximum absolute atomic E-state index is 12.5. The van der Waals surface area contributed by atoms with Gasteiger partial charge in [-0.2, -0.15) is 0 Å². The molecule has 0 saturated heterocycles. The topological polar surface area (TPSA) is 36.1 Å². The Bertz CT molecular complexity index is 383.